The zero-order valence-corrected chi connectivity index (χ0v) is 15.6. The number of pyridine rings is 1. The normalized spacial score (nSPS) is 12.6. The molecule has 1 aromatic heterocycles. The van der Waals surface area contributed by atoms with E-state index >= 15 is 0 Å². The summed E-state index contributed by atoms with van der Waals surface area (Å²) in [5.41, 5.74) is 2.87. The Morgan fingerprint density at radius 2 is 1.59 bits per heavy atom. The van der Waals surface area contributed by atoms with E-state index in [9.17, 15) is 12.8 Å². The molecule has 1 atom stereocenters. The fraction of sp³-hybridized carbons (Fsp3) is 0.150. The van der Waals surface area contributed by atoms with E-state index < -0.39 is 16.2 Å². The summed E-state index contributed by atoms with van der Waals surface area (Å²) in [6, 6.07) is 14.9. The summed E-state index contributed by atoms with van der Waals surface area (Å²) in [6.45, 7) is 0. The molecule has 27 heavy (non-hydrogen) atoms. The number of aromatic nitrogens is 1. The molecule has 140 valence electrons. The Morgan fingerprint density at radius 1 is 0.963 bits per heavy atom. The Labute approximate surface area is 157 Å². The van der Waals surface area contributed by atoms with E-state index in [4.69, 9.17) is 8.92 Å². The van der Waals surface area contributed by atoms with Crippen molar-refractivity contribution in [1.82, 2.24) is 4.98 Å². The van der Waals surface area contributed by atoms with Gasteiger partial charge in [-0.05, 0) is 41.0 Å². The van der Waals surface area contributed by atoms with E-state index in [0.29, 0.717) is 16.9 Å². The van der Waals surface area contributed by atoms with Gasteiger partial charge in [0.15, 0.2) is 0 Å². The van der Waals surface area contributed by atoms with Gasteiger partial charge in [-0.1, -0.05) is 24.3 Å². The van der Waals surface area contributed by atoms with E-state index in [2.05, 4.69) is 4.98 Å². The topological polar surface area (TPSA) is 65.5 Å². The Hall–Kier alpha value is -2.77. The zero-order valence-electron chi connectivity index (χ0n) is 14.8. The van der Waals surface area contributed by atoms with E-state index in [0.717, 1.165) is 17.4 Å². The molecule has 0 fully saturated rings. The molecule has 0 amide bonds. The van der Waals surface area contributed by atoms with Crippen molar-refractivity contribution in [2.45, 2.75) is 6.10 Å². The molecular formula is C20H18FNO4S. The van der Waals surface area contributed by atoms with Gasteiger partial charge in [0.2, 0.25) is 0 Å². The number of nitrogens with zero attached hydrogens (tertiary/aromatic N) is 1. The van der Waals surface area contributed by atoms with Crippen molar-refractivity contribution >= 4 is 10.1 Å². The van der Waals surface area contributed by atoms with Crippen molar-refractivity contribution in [3.63, 3.8) is 0 Å². The summed E-state index contributed by atoms with van der Waals surface area (Å²) in [4.78, 5) is 3.95. The number of hydrogen-bond donors (Lipinski definition) is 0. The number of hydrogen-bond acceptors (Lipinski definition) is 5. The predicted octanol–water partition coefficient (Wildman–Crippen LogP) is 3.96. The molecule has 0 saturated heterocycles. The highest BCUT2D eigenvalue weighted by Crippen LogP contribution is 2.33. The first kappa shape index (κ1) is 19.0. The van der Waals surface area contributed by atoms with Crippen molar-refractivity contribution in [3.8, 4) is 16.9 Å². The van der Waals surface area contributed by atoms with Crippen LogP contribution in [-0.4, -0.2) is 26.8 Å². The molecule has 0 aliphatic rings. The van der Waals surface area contributed by atoms with Crippen LogP contribution < -0.4 is 4.74 Å². The number of halogens is 1. The van der Waals surface area contributed by atoms with Gasteiger partial charge in [-0.15, -0.1) is 0 Å². The van der Waals surface area contributed by atoms with E-state index in [1.54, 1.807) is 42.7 Å². The second-order valence-corrected chi connectivity index (χ2v) is 7.53. The van der Waals surface area contributed by atoms with Gasteiger partial charge < -0.3 is 4.74 Å². The summed E-state index contributed by atoms with van der Waals surface area (Å²) in [5.74, 6) is 0.0346. The van der Waals surface area contributed by atoms with Crippen LogP contribution in [0.5, 0.6) is 5.75 Å². The molecule has 0 saturated carbocycles. The third kappa shape index (κ3) is 4.69. The summed E-state index contributed by atoms with van der Waals surface area (Å²) in [7, 11) is -2.20. The minimum absolute atomic E-state index is 0.383. The van der Waals surface area contributed by atoms with Gasteiger partial charge in [-0.3, -0.25) is 9.17 Å². The van der Waals surface area contributed by atoms with Crippen LogP contribution in [0.3, 0.4) is 0 Å². The molecule has 0 aliphatic heterocycles. The van der Waals surface area contributed by atoms with Crippen LogP contribution in [0.25, 0.3) is 11.1 Å². The Bertz CT molecular complexity index is 1020. The first-order valence-electron chi connectivity index (χ1n) is 8.09. The zero-order chi connectivity index (χ0) is 19.4. The van der Waals surface area contributed by atoms with Gasteiger partial charge in [0, 0.05) is 24.0 Å². The summed E-state index contributed by atoms with van der Waals surface area (Å²) in [6.07, 6.45) is 3.38. The van der Waals surface area contributed by atoms with Crippen LogP contribution in [0.4, 0.5) is 4.39 Å². The first-order chi connectivity index (χ1) is 12.9. The number of rotatable bonds is 6. The minimum Gasteiger partial charge on any atom is -0.496 e. The molecule has 5 nitrogen and oxygen atoms in total. The number of benzene rings is 2. The molecule has 0 spiro atoms. The molecule has 3 aromatic rings. The highest BCUT2D eigenvalue weighted by atomic mass is 32.2. The maximum atomic E-state index is 13.4. The Balaban J connectivity index is 1.99. The smallest absolute Gasteiger partial charge is 0.265 e. The fourth-order valence-electron chi connectivity index (χ4n) is 2.76. The van der Waals surface area contributed by atoms with Crippen molar-refractivity contribution in [3.05, 3.63) is 83.9 Å². The second kappa shape index (κ2) is 7.85. The minimum atomic E-state index is -3.68. The molecule has 0 unspecified atom stereocenters. The Kier molecular flexibility index (Phi) is 5.53. The van der Waals surface area contributed by atoms with Gasteiger partial charge in [-0.2, -0.15) is 8.42 Å². The quantitative estimate of drug-likeness (QED) is 0.599. The average molecular weight is 387 g/mol. The molecular weight excluding hydrogens is 369 g/mol. The van der Waals surface area contributed by atoms with Gasteiger partial charge in [0.1, 0.15) is 17.7 Å². The molecule has 7 heteroatoms. The van der Waals surface area contributed by atoms with Crippen molar-refractivity contribution in [1.29, 1.82) is 0 Å². The van der Waals surface area contributed by atoms with Crippen LogP contribution >= 0.6 is 0 Å². The lowest BCUT2D eigenvalue weighted by Crippen LogP contribution is -2.12. The van der Waals surface area contributed by atoms with Crippen LogP contribution in [0.1, 0.15) is 17.2 Å². The standard InChI is InChI=1S/C20H18FNO4S/c1-25-19-13-17(21)7-8-18(19)14-3-5-15(6-4-14)20(26-27(2,23)24)16-9-11-22-12-10-16/h3-13,20H,1-2H3/t20-/m1/s1. The van der Waals surface area contributed by atoms with Gasteiger partial charge in [0.25, 0.3) is 10.1 Å². The van der Waals surface area contributed by atoms with E-state index in [-0.39, 0.29) is 5.82 Å². The van der Waals surface area contributed by atoms with E-state index in [1.165, 1.54) is 19.2 Å². The molecule has 0 bridgehead atoms. The second-order valence-electron chi connectivity index (χ2n) is 5.93. The molecule has 0 N–H and O–H groups in total. The summed E-state index contributed by atoms with van der Waals surface area (Å²) in [5, 5.41) is 0. The number of ether oxygens (including phenoxy) is 1. The van der Waals surface area contributed by atoms with Gasteiger partial charge >= 0.3 is 0 Å². The largest absolute Gasteiger partial charge is 0.496 e. The van der Waals surface area contributed by atoms with Crippen molar-refractivity contribution in [2.24, 2.45) is 0 Å². The van der Waals surface area contributed by atoms with Crippen LogP contribution in [-0.2, 0) is 14.3 Å². The fourth-order valence-corrected chi connectivity index (χ4v) is 3.33. The lowest BCUT2D eigenvalue weighted by Gasteiger charge is -2.18. The van der Waals surface area contributed by atoms with E-state index in [1.807, 2.05) is 12.1 Å². The molecule has 0 radical (unpaired) electrons. The highest BCUT2D eigenvalue weighted by molar-refractivity contribution is 7.86. The average Bonchev–Trinajstić information content (AvgIpc) is 2.66. The first-order valence-corrected chi connectivity index (χ1v) is 9.91. The predicted molar refractivity (Wildman–Crippen MR) is 100 cm³/mol. The molecule has 3 rings (SSSR count). The lowest BCUT2D eigenvalue weighted by atomic mass is 9.98. The summed E-state index contributed by atoms with van der Waals surface area (Å²) >= 11 is 0. The maximum absolute atomic E-state index is 13.4. The third-order valence-corrected chi connectivity index (χ3v) is 4.51. The lowest BCUT2D eigenvalue weighted by molar-refractivity contribution is 0.256. The molecule has 0 aliphatic carbocycles. The van der Waals surface area contributed by atoms with Crippen molar-refractivity contribution < 1.29 is 21.7 Å². The third-order valence-electron chi connectivity index (χ3n) is 3.97. The van der Waals surface area contributed by atoms with Crippen LogP contribution in [0, 0.1) is 5.82 Å². The van der Waals surface area contributed by atoms with Gasteiger partial charge in [0.05, 0.1) is 13.4 Å². The molecule has 2 aromatic carbocycles. The highest BCUT2D eigenvalue weighted by Gasteiger charge is 2.20. The monoisotopic (exact) mass is 387 g/mol. The SMILES string of the molecule is COc1cc(F)ccc1-c1ccc([C@@H](OS(C)(=O)=O)c2ccncc2)cc1. The van der Waals surface area contributed by atoms with Crippen LogP contribution in [0.2, 0.25) is 0 Å². The molecule has 1 heterocycles. The van der Waals surface area contributed by atoms with Gasteiger partial charge in [-0.25, -0.2) is 4.39 Å². The maximum Gasteiger partial charge on any atom is 0.265 e. The van der Waals surface area contributed by atoms with Crippen molar-refractivity contribution in [2.75, 3.05) is 13.4 Å². The van der Waals surface area contributed by atoms with Crippen LogP contribution in [0.15, 0.2) is 67.0 Å². The Morgan fingerprint density at radius 3 is 2.19 bits per heavy atom. The number of methoxy groups -OCH3 is 1. The summed E-state index contributed by atoms with van der Waals surface area (Å²) < 4.78 is 47.3.